The van der Waals surface area contributed by atoms with E-state index in [9.17, 15) is 8.42 Å². The first kappa shape index (κ1) is 22.8. The Bertz CT molecular complexity index is 1350. The molecule has 1 unspecified atom stereocenters. The van der Waals surface area contributed by atoms with Crippen molar-refractivity contribution in [3.8, 4) is 11.1 Å². The Labute approximate surface area is 193 Å². The number of aromatic nitrogens is 2. The lowest BCUT2D eigenvalue weighted by molar-refractivity contribution is 0.170. The summed E-state index contributed by atoms with van der Waals surface area (Å²) in [5.41, 5.74) is 3.95. The molecule has 172 valence electrons. The van der Waals surface area contributed by atoms with Gasteiger partial charge in [0.15, 0.2) is 11.5 Å². The van der Waals surface area contributed by atoms with Crippen molar-refractivity contribution in [2.24, 2.45) is 0 Å². The van der Waals surface area contributed by atoms with Gasteiger partial charge in [0, 0.05) is 24.1 Å². The fourth-order valence-electron chi connectivity index (χ4n) is 3.88. The van der Waals surface area contributed by atoms with Gasteiger partial charge >= 0.3 is 0 Å². The summed E-state index contributed by atoms with van der Waals surface area (Å²) in [6, 6.07) is 12.5. The molecule has 4 rings (SSSR count). The van der Waals surface area contributed by atoms with Crippen LogP contribution in [0.4, 0.5) is 0 Å². The van der Waals surface area contributed by atoms with Gasteiger partial charge in [-0.1, -0.05) is 24.3 Å². The summed E-state index contributed by atoms with van der Waals surface area (Å²) in [7, 11) is 2.65. The molecular formula is C24H25N3O5S. The minimum Gasteiger partial charge on any atom is -0.497 e. The van der Waals surface area contributed by atoms with Crippen LogP contribution in [0.25, 0.3) is 22.2 Å². The predicted octanol–water partition coefficient (Wildman–Crippen LogP) is 3.73. The number of para-hydroxylation sites is 1. The molecule has 0 radical (unpaired) electrons. The molecule has 1 aromatic heterocycles. The van der Waals surface area contributed by atoms with Crippen LogP contribution in [0.15, 0.2) is 76.9 Å². The average molecular weight is 468 g/mol. The molecule has 1 aliphatic rings. The van der Waals surface area contributed by atoms with E-state index in [-0.39, 0.29) is 10.8 Å². The monoisotopic (exact) mass is 467 g/mol. The summed E-state index contributed by atoms with van der Waals surface area (Å²) in [4.78, 5) is 9.77. The molecule has 0 aliphatic heterocycles. The number of ether oxygens (including phenoxy) is 3. The number of rotatable bonds is 7. The van der Waals surface area contributed by atoms with Crippen LogP contribution in [-0.4, -0.2) is 46.8 Å². The molecule has 0 fully saturated rings. The molecule has 0 saturated heterocycles. The Kier molecular flexibility index (Phi) is 6.35. The lowest BCUT2D eigenvalue weighted by atomic mass is 9.94. The second-order valence-corrected chi connectivity index (χ2v) is 9.29. The maximum absolute atomic E-state index is 12.1. The number of fused-ring (bicyclic) bond motifs is 1. The highest BCUT2D eigenvalue weighted by Crippen LogP contribution is 2.36. The number of nitrogens with zero attached hydrogens (tertiary/aromatic N) is 2. The minimum absolute atomic E-state index is 0.109. The summed E-state index contributed by atoms with van der Waals surface area (Å²) in [6.07, 6.45) is 4.27. The molecule has 3 aromatic rings. The van der Waals surface area contributed by atoms with Gasteiger partial charge in [0.05, 0.1) is 43.0 Å². The van der Waals surface area contributed by atoms with E-state index in [4.69, 9.17) is 19.2 Å². The first-order valence-electron chi connectivity index (χ1n) is 10.3. The van der Waals surface area contributed by atoms with Crippen LogP contribution in [0.2, 0.25) is 0 Å². The Hall–Kier alpha value is -3.43. The summed E-state index contributed by atoms with van der Waals surface area (Å²) in [5.74, 6) is 1.73. The smallest absolute Gasteiger partial charge is 0.240 e. The van der Waals surface area contributed by atoms with Crippen LogP contribution in [0.1, 0.15) is 18.0 Å². The van der Waals surface area contributed by atoms with E-state index in [1.54, 1.807) is 51.8 Å². The van der Waals surface area contributed by atoms with E-state index in [0.717, 1.165) is 27.9 Å². The maximum Gasteiger partial charge on any atom is 0.240 e. The highest BCUT2D eigenvalue weighted by atomic mass is 32.2. The molecule has 9 heteroatoms. The normalized spacial score (nSPS) is 16.5. The third kappa shape index (κ3) is 4.29. The van der Waals surface area contributed by atoms with Gasteiger partial charge in [0.2, 0.25) is 10.0 Å². The first-order chi connectivity index (χ1) is 15.9. The summed E-state index contributed by atoms with van der Waals surface area (Å²) >= 11 is 0. The van der Waals surface area contributed by atoms with Crippen LogP contribution in [-0.2, 0) is 24.2 Å². The van der Waals surface area contributed by atoms with Gasteiger partial charge in [-0.25, -0.2) is 18.1 Å². The molecule has 2 aromatic carbocycles. The molecule has 1 N–H and O–H groups in total. The number of hydrogen-bond donors (Lipinski definition) is 1. The minimum atomic E-state index is -3.51. The molecule has 1 aliphatic carbocycles. The van der Waals surface area contributed by atoms with E-state index < -0.39 is 10.0 Å². The van der Waals surface area contributed by atoms with Gasteiger partial charge in [0.1, 0.15) is 5.76 Å². The van der Waals surface area contributed by atoms with Gasteiger partial charge in [-0.3, -0.25) is 4.98 Å². The van der Waals surface area contributed by atoms with E-state index in [2.05, 4.69) is 9.71 Å². The fraction of sp³-hybridized carbons (Fsp3) is 0.250. The Morgan fingerprint density at radius 3 is 2.39 bits per heavy atom. The molecule has 8 nitrogen and oxygen atoms in total. The van der Waals surface area contributed by atoms with Crippen molar-refractivity contribution < 1.29 is 22.6 Å². The number of nitrogens with one attached hydrogen (secondary N) is 1. The van der Waals surface area contributed by atoms with E-state index in [0.29, 0.717) is 23.7 Å². The van der Waals surface area contributed by atoms with Crippen molar-refractivity contribution in [2.75, 3.05) is 28.4 Å². The van der Waals surface area contributed by atoms with Crippen molar-refractivity contribution in [1.82, 2.24) is 14.7 Å². The third-order valence-electron chi connectivity index (χ3n) is 5.62. The zero-order valence-electron chi connectivity index (χ0n) is 18.8. The number of hydrogen-bond acceptors (Lipinski definition) is 7. The van der Waals surface area contributed by atoms with E-state index in [1.165, 1.54) is 7.05 Å². The van der Waals surface area contributed by atoms with Gasteiger partial charge in [-0.05, 0) is 36.9 Å². The van der Waals surface area contributed by atoms with Crippen LogP contribution in [0, 0.1) is 0 Å². The van der Waals surface area contributed by atoms with Gasteiger partial charge in [-0.2, -0.15) is 0 Å². The van der Waals surface area contributed by atoms with Crippen LogP contribution >= 0.6 is 0 Å². The molecule has 0 spiro atoms. The van der Waals surface area contributed by atoms with Crippen molar-refractivity contribution in [3.05, 3.63) is 77.7 Å². The van der Waals surface area contributed by atoms with Gasteiger partial charge in [-0.15, -0.1) is 0 Å². The average Bonchev–Trinajstić information content (AvgIpc) is 2.87. The molecule has 0 amide bonds. The zero-order chi connectivity index (χ0) is 23.6. The zero-order valence-corrected chi connectivity index (χ0v) is 19.6. The summed E-state index contributed by atoms with van der Waals surface area (Å²) in [6.45, 7) is 0. The number of methoxy groups -OCH3 is 3. The lowest BCUT2D eigenvalue weighted by Crippen LogP contribution is -2.18. The quantitative estimate of drug-likeness (QED) is 0.565. The van der Waals surface area contributed by atoms with Gasteiger partial charge in [0.25, 0.3) is 0 Å². The van der Waals surface area contributed by atoms with E-state index in [1.807, 2.05) is 24.3 Å². The van der Waals surface area contributed by atoms with Crippen LogP contribution < -0.4 is 4.72 Å². The number of sulfonamides is 1. The second-order valence-electron chi connectivity index (χ2n) is 7.41. The van der Waals surface area contributed by atoms with Crippen molar-refractivity contribution in [2.45, 2.75) is 17.2 Å². The topological polar surface area (TPSA) is 99.6 Å². The standard InChI is InChI=1S/C24H25N3O5S/c1-25-33(28,29)17-10-8-15(9-11-17)18-6-5-7-19-23(18)27-20(14-26-19)16-12-21(30-2)24(32-4)22(13-16)31-3/h5-12,14,16,25H,13H2,1-4H3. The highest BCUT2D eigenvalue weighted by Gasteiger charge is 2.27. The summed E-state index contributed by atoms with van der Waals surface area (Å²) < 4.78 is 42.9. The van der Waals surface area contributed by atoms with Crippen molar-refractivity contribution >= 4 is 21.1 Å². The summed E-state index contributed by atoms with van der Waals surface area (Å²) in [5, 5.41) is 0. The molecule has 1 heterocycles. The molecule has 1 atom stereocenters. The number of benzene rings is 2. The fourth-order valence-corrected chi connectivity index (χ4v) is 4.61. The SMILES string of the molecule is CNS(=O)(=O)c1ccc(-c2cccc3ncc(C4C=C(OC)C(OC)=C(OC)C4)nc23)cc1. The Morgan fingerprint density at radius 2 is 1.76 bits per heavy atom. The number of allylic oxidation sites excluding steroid dienone is 2. The molecule has 33 heavy (non-hydrogen) atoms. The Morgan fingerprint density at radius 1 is 1.00 bits per heavy atom. The molecule has 0 saturated carbocycles. The molecular weight excluding hydrogens is 442 g/mol. The van der Waals surface area contributed by atoms with Crippen molar-refractivity contribution in [1.29, 1.82) is 0 Å². The van der Waals surface area contributed by atoms with Crippen LogP contribution in [0.5, 0.6) is 0 Å². The lowest BCUT2D eigenvalue weighted by Gasteiger charge is -2.24. The molecule has 0 bridgehead atoms. The highest BCUT2D eigenvalue weighted by molar-refractivity contribution is 7.89. The Balaban J connectivity index is 1.77. The first-order valence-corrected chi connectivity index (χ1v) is 11.8. The van der Waals surface area contributed by atoms with E-state index >= 15 is 0 Å². The van der Waals surface area contributed by atoms with Gasteiger partial charge < -0.3 is 14.2 Å². The maximum atomic E-state index is 12.1. The largest absolute Gasteiger partial charge is 0.497 e. The second kappa shape index (κ2) is 9.21. The third-order valence-corrected chi connectivity index (χ3v) is 7.05. The van der Waals surface area contributed by atoms with Crippen molar-refractivity contribution in [3.63, 3.8) is 0 Å². The predicted molar refractivity (Wildman–Crippen MR) is 125 cm³/mol. The van der Waals surface area contributed by atoms with Crippen LogP contribution in [0.3, 0.4) is 0 Å².